The van der Waals surface area contributed by atoms with Crippen molar-refractivity contribution in [2.45, 2.75) is 6.92 Å². The van der Waals surface area contributed by atoms with Crippen molar-refractivity contribution in [2.24, 2.45) is 0 Å². The summed E-state index contributed by atoms with van der Waals surface area (Å²) in [4.78, 5) is 4.58. The fourth-order valence-corrected chi connectivity index (χ4v) is 3.70. The number of aryl methyl sites for hydroxylation is 1. The van der Waals surface area contributed by atoms with E-state index < -0.39 is 0 Å². The van der Waals surface area contributed by atoms with Gasteiger partial charge in [0.2, 0.25) is 0 Å². The van der Waals surface area contributed by atoms with Gasteiger partial charge in [-0.2, -0.15) is 5.10 Å². The first-order valence-corrected chi connectivity index (χ1v) is 9.56. The number of fused-ring (bicyclic) bond motifs is 1. The SMILES string of the molecule is COc1ccc(-c2cnc3cc(C)c(-c4cn[nH]c4-c4ccc(F)cc4)cn23)cc1.Cl.Cl. The number of rotatable bonds is 4. The number of hydrogen-bond donors (Lipinski definition) is 1. The number of methoxy groups -OCH3 is 1. The number of aromatic nitrogens is 4. The second-order valence-electron chi connectivity index (χ2n) is 7.14. The topological polar surface area (TPSA) is 55.2 Å². The summed E-state index contributed by atoms with van der Waals surface area (Å²) >= 11 is 0. The molecule has 32 heavy (non-hydrogen) atoms. The fraction of sp³-hybridized carbons (Fsp3) is 0.0833. The van der Waals surface area contributed by atoms with E-state index in [9.17, 15) is 4.39 Å². The molecule has 0 bridgehead atoms. The fourth-order valence-electron chi connectivity index (χ4n) is 3.70. The Bertz CT molecular complexity index is 1350. The number of halogens is 3. The Morgan fingerprint density at radius 3 is 2.28 bits per heavy atom. The number of nitrogens with zero attached hydrogens (tertiary/aromatic N) is 3. The molecule has 2 aromatic carbocycles. The highest BCUT2D eigenvalue weighted by atomic mass is 35.5. The van der Waals surface area contributed by atoms with Crippen LogP contribution in [-0.2, 0) is 0 Å². The quantitative estimate of drug-likeness (QED) is 0.332. The molecule has 0 saturated carbocycles. The maximum atomic E-state index is 13.4. The van der Waals surface area contributed by atoms with E-state index in [1.54, 1.807) is 25.4 Å². The molecule has 5 rings (SSSR count). The van der Waals surface area contributed by atoms with Crippen LogP contribution in [0.15, 0.2) is 73.2 Å². The average Bonchev–Trinajstić information content (AvgIpc) is 3.41. The normalized spacial score (nSPS) is 10.5. The van der Waals surface area contributed by atoms with Crippen molar-refractivity contribution < 1.29 is 9.13 Å². The van der Waals surface area contributed by atoms with Crippen molar-refractivity contribution in [3.05, 3.63) is 84.6 Å². The number of benzene rings is 2. The zero-order chi connectivity index (χ0) is 20.7. The van der Waals surface area contributed by atoms with Crippen molar-refractivity contribution in [1.82, 2.24) is 19.6 Å². The Morgan fingerprint density at radius 1 is 0.906 bits per heavy atom. The molecule has 0 saturated heterocycles. The van der Waals surface area contributed by atoms with E-state index >= 15 is 0 Å². The molecule has 0 amide bonds. The number of hydrogen-bond acceptors (Lipinski definition) is 3. The number of pyridine rings is 1. The van der Waals surface area contributed by atoms with Gasteiger partial charge in [0.05, 0.1) is 30.9 Å². The maximum absolute atomic E-state index is 13.4. The van der Waals surface area contributed by atoms with Crippen LogP contribution in [0.4, 0.5) is 4.39 Å². The van der Waals surface area contributed by atoms with Crippen molar-refractivity contribution in [1.29, 1.82) is 0 Å². The van der Waals surface area contributed by atoms with Crippen molar-refractivity contribution in [3.8, 4) is 39.4 Å². The number of nitrogens with one attached hydrogen (secondary N) is 1. The Labute approximate surface area is 197 Å². The zero-order valence-corrected chi connectivity index (χ0v) is 19.0. The lowest BCUT2D eigenvalue weighted by molar-refractivity contribution is 0.415. The van der Waals surface area contributed by atoms with E-state index in [-0.39, 0.29) is 30.6 Å². The third kappa shape index (κ3) is 4.07. The minimum absolute atomic E-state index is 0. The van der Waals surface area contributed by atoms with Gasteiger partial charge >= 0.3 is 0 Å². The molecule has 3 aromatic heterocycles. The molecule has 1 N–H and O–H groups in total. The lowest BCUT2D eigenvalue weighted by atomic mass is 9.99. The third-order valence-electron chi connectivity index (χ3n) is 5.30. The highest BCUT2D eigenvalue weighted by Crippen LogP contribution is 2.34. The molecule has 5 aromatic rings. The van der Waals surface area contributed by atoms with E-state index in [1.165, 1.54) is 12.1 Å². The van der Waals surface area contributed by atoms with Crippen LogP contribution in [0.5, 0.6) is 5.75 Å². The van der Waals surface area contributed by atoms with Gasteiger partial charge in [0.25, 0.3) is 0 Å². The summed E-state index contributed by atoms with van der Waals surface area (Å²) in [7, 11) is 1.65. The summed E-state index contributed by atoms with van der Waals surface area (Å²) in [5, 5.41) is 7.31. The summed E-state index contributed by atoms with van der Waals surface area (Å²) in [6, 6.07) is 16.4. The van der Waals surface area contributed by atoms with E-state index in [2.05, 4.69) is 38.8 Å². The molecule has 5 nitrogen and oxygen atoms in total. The second kappa shape index (κ2) is 9.42. The van der Waals surface area contributed by atoms with Crippen LogP contribution in [-0.4, -0.2) is 26.7 Å². The summed E-state index contributed by atoms with van der Waals surface area (Å²) in [6.07, 6.45) is 5.75. The zero-order valence-electron chi connectivity index (χ0n) is 17.4. The van der Waals surface area contributed by atoms with Gasteiger partial charge in [-0.05, 0) is 67.1 Å². The summed E-state index contributed by atoms with van der Waals surface area (Å²) in [5.41, 5.74) is 7.70. The molecule has 0 aliphatic rings. The van der Waals surface area contributed by atoms with Crippen LogP contribution >= 0.6 is 24.8 Å². The second-order valence-corrected chi connectivity index (χ2v) is 7.14. The largest absolute Gasteiger partial charge is 0.497 e. The highest BCUT2D eigenvalue weighted by molar-refractivity contribution is 5.86. The van der Waals surface area contributed by atoms with Gasteiger partial charge in [-0.15, -0.1) is 24.8 Å². The molecule has 0 unspecified atom stereocenters. The van der Waals surface area contributed by atoms with Gasteiger partial charge in [-0.25, -0.2) is 9.37 Å². The van der Waals surface area contributed by atoms with Crippen LogP contribution < -0.4 is 4.74 Å². The van der Waals surface area contributed by atoms with Crippen LogP contribution in [0.2, 0.25) is 0 Å². The Morgan fingerprint density at radius 2 is 1.59 bits per heavy atom. The number of H-pyrrole nitrogens is 1. The first-order valence-electron chi connectivity index (χ1n) is 9.56. The van der Waals surface area contributed by atoms with Crippen LogP contribution in [0.1, 0.15) is 5.56 Å². The summed E-state index contributed by atoms with van der Waals surface area (Å²) < 4.78 is 20.7. The first kappa shape index (κ1) is 23.3. The highest BCUT2D eigenvalue weighted by Gasteiger charge is 2.15. The summed E-state index contributed by atoms with van der Waals surface area (Å²) in [6.45, 7) is 2.05. The predicted molar refractivity (Wildman–Crippen MR) is 129 cm³/mol. The van der Waals surface area contributed by atoms with E-state index in [4.69, 9.17) is 4.74 Å². The average molecular weight is 471 g/mol. The third-order valence-corrected chi connectivity index (χ3v) is 5.30. The Balaban J connectivity index is 0.00000144. The van der Waals surface area contributed by atoms with Gasteiger partial charge in [-0.1, -0.05) is 0 Å². The van der Waals surface area contributed by atoms with Gasteiger partial charge in [-0.3, -0.25) is 9.50 Å². The summed E-state index contributed by atoms with van der Waals surface area (Å²) in [5.74, 6) is 0.548. The molecule has 3 heterocycles. The van der Waals surface area contributed by atoms with Crippen LogP contribution in [0.3, 0.4) is 0 Å². The van der Waals surface area contributed by atoms with E-state index in [0.717, 1.165) is 50.6 Å². The monoisotopic (exact) mass is 470 g/mol. The number of ether oxygens (including phenoxy) is 1. The van der Waals surface area contributed by atoms with E-state index in [0.29, 0.717) is 0 Å². The molecule has 0 atom stereocenters. The lowest BCUT2D eigenvalue weighted by Crippen LogP contribution is -1.94. The first-order chi connectivity index (χ1) is 14.6. The molecule has 0 fully saturated rings. The Kier molecular flexibility index (Phi) is 6.87. The van der Waals surface area contributed by atoms with Gasteiger partial charge in [0.1, 0.15) is 17.2 Å². The van der Waals surface area contributed by atoms with Gasteiger partial charge in [0.15, 0.2) is 0 Å². The predicted octanol–water partition coefficient (Wildman–Crippen LogP) is 6.36. The molecule has 0 aliphatic heterocycles. The molecular weight excluding hydrogens is 450 g/mol. The van der Waals surface area contributed by atoms with Gasteiger partial charge < -0.3 is 4.74 Å². The molecule has 0 spiro atoms. The molecule has 0 radical (unpaired) electrons. The van der Waals surface area contributed by atoms with Crippen molar-refractivity contribution in [2.75, 3.05) is 7.11 Å². The molecule has 8 heteroatoms. The Hall–Kier alpha value is -3.35. The molecule has 0 aliphatic carbocycles. The lowest BCUT2D eigenvalue weighted by Gasteiger charge is -2.10. The standard InChI is InChI=1S/C24H19FN4O.2ClH/c1-15-11-23-26-13-22(16-5-9-19(30-2)10-6-16)29(23)14-21(15)20-12-27-28-24(20)17-3-7-18(25)8-4-17;;/h3-14H,1-2H3,(H,27,28);2*1H. The number of aromatic amines is 1. The molecular formula is C24H21Cl2FN4O. The van der Waals surface area contributed by atoms with Crippen LogP contribution in [0.25, 0.3) is 39.3 Å². The van der Waals surface area contributed by atoms with Crippen molar-refractivity contribution in [3.63, 3.8) is 0 Å². The van der Waals surface area contributed by atoms with E-state index in [1.807, 2.05) is 30.5 Å². The minimum Gasteiger partial charge on any atom is -0.497 e. The molecule has 164 valence electrons. The van der Waals surface area contributed by atoms with Crippen molar-refractivity contribution >= 4 is 30.5 Å². The smallest absolute Gasteiger partial charge is 0.137 e. The van der Waals surface area contributed by atoms with Crippen LogP contribution in [0, 0.1) is 12.7 Å². The number of imidazole rings is 1. The van der Waals surface area contributed by atoms with Gasteiger partial charge in [0, 0.05) is 28.5 Å². The maximum Gasteiger partial charge on any atom is 0.137 e. The minimum atomic E-state index is -0.264.